The molecule has 7 nitrogen and oxygen atoms in total. The maximum atomic E-state index is 14.4. The van der Waals surface area contributed by atoms with E-state index < -0.39 is 11.7 Å². The highest BCUT2D eigenvalue weighted by molar-refractivity contribution is 6.05. The molecule has 2 aliphatic rings. The van der Waals surface area contributed by atoms with Gasteiger partial charge in [0.25, 0.3) is 5.91 Å². The Morgan fingerprint density at radius 3 is 2.77 bits per heavy atom. The van der Waals surface area contributed by atoms with Crippen LogP contribution in [0.3, 0.4) is 0 Å². The summed E-state index contributed by atoms with van der Waals surface area (Å²) < 4.78 is 20.1. The van der Waals surface area contributed by atoms with Crippen molar-refractivity contribution in [3.63, 3.8) is 0 Å². The predicted molar refractivity (Wildman–Crippen MR) is 117 cm³/mol. The molecule has 1 aliphatic heterocycles. The van der Waals surface area contributed by atoms with Gasteiger partial charge in [0.15, 0.2) is 5.82 Å². The monoisotopic (exact) mass is 409 g/mol. The van der Waals surface area contributed by atoms with Crippen LogP contribution in [0.5, 0.6) is 5.75 Å². The Morgan fingerprint density at radius 2 is 1.97 bits per heavy atom. The van der Waals surface area contributed by atoms with Gasteiger partial charge in [-0.3, -0.25) is 10.2 Å². The first-order chi connectivity index (χ1) is 14.7. The van der Waals surface area contributed by atoms with Crippen molar-refractivity contribution in [2.75, 3.05) is 22.8 Å². The molecule has 0 atom stereocenters. The third-order valence-corrected chi connectivity index (χ3v) is 5.07. The smallest absolute Gasteiger partial charge is 0.258 e. The summed E-state index contributed by atoms with van der Waals surface area (Å²) in [5.74, 6) is 0.940. The molecule has 2 heterocycles. The highest BCUT2D eigenvalue weighted by atomic mass is 19.1. The molecule has 1 aliphatic carbocycles. The minimum Gasteiger partial charge on any atom is -0.493 e. The minimum atomic E-state index is -0.594. The van der Waals surface area contributed by atoms with Gasteiger partial charge in [-0.25, -0.2) is 9.37 Å². The average Bonchev–Trinajstić information content (AvgIpc) is 3.48. The second kappa shape index (κ2) is 7.64. The van der Waals surface area contributed by atoms with Gasteiger partial charge in [0.05, 0.1) is 23.6 Å². The van der Waals surface area contributed by atoms with E-state index in [1.807, 2.05) is 6.07 Å². The molecule has 1 fully saturated rings. The van der Waals surface area contributed by atoms with Gasteiger partial charge in [0.1, 0.15) is 11.6 Å². The number of anilines is 3. The van der Waals surface area contributed by atoms with E-state index in [0.29, 0.717) is 28.7 Å². The van der Waals surface area contributed by atoms with Crippen LogP contribution in [-0.2, 0) is 0 Å². The van der Waals surface area contributed by atoms with Crippen LogP contribution < -0.4 is 26.4 Å². The van der Waals surface area contributed by atoms with E-state index in [9.17, 15) is 9.18 Å². The Bertz CT molecular complexity index is 1110. The second-order valence-corrected chi connectivity index (χ2v) is 7.40. The van der Waals surface area contributed by atoms with Gasteiger partial charge < -0.3 is 15.5 Å². The normalized spacial score (nSPS) is 14.4. The number of hydrogen-bond donors (Lipinski definition) is 4. The lowest BCUT2D eigenvalue weighted by Gasteiger charge is -2.10. The zero-order valence-electron chi connectivity index (χ0n) is 16.0. The molecule has 1 aromatic heterocycles. The molecule has 0 spiro atoms. The van der Waals surface area contributed by atoms with Crippen molar-refractivity contribution < 1.29 is 16.8 Å². The minimum absolute atomic E-state index is 0. The van der Waals surface area contributed by atoms with Gasteiger partial charge in [0.2, 0.25) is 0 Å². The van der Waals surface area contributed by atoms with Crippen LogP contribution in [0.1, 0.15) is 26.1 Å². The lowest BCUT2D eigenvalue weighted by Crippen LogP contribution is -2.19. The first-order valence-electron chi connectivity index (χ1n) is 9.78. The highest BCUT2D eigenvalue weighted by Crippen LogP contribution is 2.30. The van der Waals surface area contributed by atoms with E-state index in [2.05, 4.69) is 26.7 Å². The van der Waals surface area contributed by atoms with Crippen LogP contribution in [0, 0.1) is 11.7 Å². The van der Waals surface area contributed by atoms with E-state index in [1.54, 1.807) is 36.4 Å². The Balaban J connectivity index is 0.00000144. The maximum Gasteiger partial charge on any atom is 0.258 e. The quantitative estimate of drug-likeness (QED) is 0.473. The standard InChI is InChI=1S/C22H20FN5O2.2H2/c23-18-8-3-14(19-9-10-20-21(25-19)27-28-26-20)11-17(18)22(29)24-15-4-6-16(7-5-15)30-12-13-1-2-13;;/h3-11,13,26,28H,1-2,12H2,(H,24,29)(H,25,27);2*1H. The molecule has 3 aromatic rings. The molecule has 30 heavy (non-hydrogen) atoms. The fourth-order valence-corrected chi connectivity index (χ4v) is 3.16. The number of hydrazine groups is 2. The van der Waals surface area contributed by atoms with Crippen LogP contribution in [0.25, 0.3) is 11.3 Å². The van der Waals surface area contributed by atoms with Crippen molar-refractivity contribution in [2.24, 2.45) is 5.92 Å². The van der Waals surface area contributed by atoms with E-state index in [4.69, 9.17) is 4.74 Å². The third-order valence-electron chi connectivity index (χ3n) is 5.07. The Kier molecular flexibility index (Phi) is 4.68. The lowest BCUT2D eigenvalue weighted by atomic mass is 10.1. The largest absolute Gasteiger partial charge is 0.493 e. The molecule has 1 amide bonds. The molecule has 0 radical (unpaired) electrons. The first-order valence-corrected chi connectivity index (χ1v) is 9.78. The van der Waals surface area contributed by atoms with Gasteiger partial charge in [-0.15, -0.1) is 5.53 Å². The number of amides is 1. The molecule has 2 aromatic carbocycles. The number of nitrogens with zero attached hydrogens (tertiary/aromatic N) is 1. The summed E-state index contributed by atoms with van der Waals surface area (Å²) in [4.78, 5) is 17.2. The summed E-state index contributed by atoms with van der Waals surface area (Å²) in [5, 5.41) is 2.74. The highest BCUT2D eigenvalue weighted by Gasteiger charge is 2.22. The van der Waals surface area contributed by atoms with Crippen molar-refractivity contribution in [3.05, 3.63) is 66.0 Å². The van der Waals surface area contributed by atoms with E-state index >= 15 is 0 Å². The number of fused-ring (bicyclic) bond motifs is 1. The first kappa shape index (κ1) is 18.4. The molecular formula is C22H24FN5O2. The van der Waals surface area contributed by atoms with E-state index in [1.165, 1.54) is 25.0 Å². The Morgan fingerprint density at radius 1 is 1.13 bits per heavy atom. The summed E-state index contributed by atoms with van der Waals surface area (Å²) in [6.07, 6.45) is 2.45. The molecule has 8 heteroatoms. The zero-order valence-corrected chi connectivity index (χ0v) is 16.0. The van der Waals surface area contributed by atoms with Crippen molar-refractivity contribution in [1.29, 1.82) is 0 Å². The molecule has 0 bridgehead atoms. The van der Waals surface area contributed by atoms with Crippen molar-refractivity contribution in [2.45, 2.75) is 12.8 Å². The second-order valence-electron chi connectivity index (χ2n) is 7.40. The van der Waals surface area contributed by atoms with Crippen LogP contribution in [-0.4, -0.2) is 17.5 Å². The van der Waals surface area contributed by atoms with Gasteiger partial charge >= 0.3 is 0 Å². The number of halogens is 1. The van der Waals surface area contributed by atoms with Crippen LogP contribution in [0.4, 0.5) is 21.6 Å². The number of ether oxygens (including phenoxy) is 1. The summed E-state index contributed by atoms with van der Waals surface area (Å²) in [7, 11) is 0. The fraction of sp³-hybridized carbons (Fsp3) is 0.182. The summed E-state index contributed by atoms with van der Waals surface area (Å²) in [6.45, 7) is 0.724. The van der Waals surface area contributed by atoms with Crippen LogP contribution in [0.15, 0.2) is 54.6 Å². The Hall–Kier alpha value is -3.65. The number of carbonyl (C=O) groups excluding carboxylic acids is 1. The molecule has 5 rings (SSSR count). The number of hydrogen-bond acceptors (Lipinski definition) is 6. The Labute approximate surface area is 175 Å². The topological polar surface area (TPSA) is 87.3 Å². The third kappa shape index (κ3) is 3.90. The van der Waals surface area contributed by atoms with Gasteiger partial charge in [0, 0.05) is 14.1 Å². The predicted octanol–water partition coefficient (Wildman–Crippen LogP) is 4.68. The van der Waals surface area contributed by atoms with Crippen molar-refractivity contribution in [3.8, 4) is 17.0 Å². The van der Waals surface area contributed by atoms with Crippen molar-refractivity contribution in [1.82, 2.24) is 10.5 Å². The number of benzene rings is 2. The number of rotatable bonds is 6. The summed E-state index contributed by atoms with van der Waals surface area (Å²) in [6, 6.07) is 15.1. The van der Waals surface area contributed by atoms with Crippen LogP contribution in [0.2, 0.25) is 0 Å². The van der Waals surface area contributed by atoms with E-state index in [0.717, 1.165) is 18.0 Å². The average molecular weight is 409 g/mol. The summed E-state index contributed by atoms with van der Waals surface area (Å²) in [5.41, 5.74) is 11.1. The summed E-state index contributed by atoms with van der Waals surface area (Å²) >= 11 is 0. The van der Waals surface area contributed by atoms with Crippen molar-refractivity contribution >= 4 is 23.1 Å². The van der Waals surface area contributed by atoms with Gasteiger partial charge in [-0.2, -0.15) is 0 Å². The zero-order chi connectivity index (χ0) is 20.5. The van der Waals surface area contributed by atoms with Crippen LogP contribution >= 0.6 is 0 Å². The molecule has 1 saturated carbocycles. The van der Waals surface area contributed by atoms with Gasteiger partial charge in [-0.1, -0.05) is 0 Å². The SMILES string of the molecule is O=C(Nc1ccc(OCC2CC2)cc1)c1cc(-c2ccc3c(n2)NNN3)ccc1F.[HH].[HH]. The van der Waals surface area contributed by atoms with E-state index in [-0.39, 0.29) is 8.42 Å². The molecule has 0 unspecified atom stereocenters. The molecule has 156 valence electrons. The number of pyridine rings is 1. The fourth-order valence-electron chi connectivity index (χ4n) is 3.16. The number of carbonyl (C=O) groups is 1. The van der Waals surface area contributed by atoms with Gasteiger partial charge in [-0.05, 0) is 73.4 Å². The number of aromatic nitrogens is 1. The molecule has 4 N–H and O–H groups in total. The number of nitrogens with one attached hydrogen (secondary N) is 4. The molecule has 0 saturated heterocycles. The maximum absolute atomic E-state index is 14.4. The molecular weight excluding hydrogens is 385 g/mol. The lowest BCUT2D eigenvalue weighted by molar-refractivity contribution is 0.102.